The number of amides is 1. The second-order valence-electron chi connectivity index (χ2n) is 4.10. The number of carboxylic acid groups (broad SMARTS) is 1. The lowest BCUT2D eigenvalue weighted by Gasteiger charge is -2.06. The van der Waals surface area contributed by atoms with E-state index in [0.29, 0.717) is 18.9 Å². The van der Waals surface area contributed by atoms with Crippen LogP contribution in [-0.4, -0.2) is 40.3 Å². The monoisotopic (exact) mass is 250 g/mol. The molecule has 0 aromatic carbocycles. The lowest BCUT2D eigenvalue weighted by Crippen LogP contribution is -2.30. The van der Waals surface area contributed by atoms with Crippen molar-refractivity contribution < 1.29 is 14.7 Å². The van der Waals surface area contributed by atoms with Crippen LogP contribution in [0.25, 0.3) is 0 Å². The Morgan fingerprint density at radius 1 is 1.28 bits per heavy atom. The molecule has 0 saturated heterocycles. The highest BCUT2D eigenvalue weighted by atomic mass is 16.4. The van der Waals surface area contributed by atoms with Crippen molar-refractivity contribution in [1.29, 1.82) is 0 Å². The van der Waals surface area contributed by atoms with E-state index in [1.807, 2.05) is 0 Å². The minimum atomic E-state index is -1.11. The van der Waals surface area contributed by atoms with Crippen molar-refractivity contribution in [2.24, 2.45) is 5.92 Å². The van der Waals surface area contributed by atoms with E-state index in [1.54, 1.807) is 6.07 Å². The predicted octanol–water partition coefficient (Wildman–Crippen LogP) is 0.113. The highest BCUT2D eigenvalue weighted by Gasteiger charge is 2.28. The molecule has 1 aromatic rings. The summed E-state index contributed by atoms with van der Waals surface area (Å²) in [4.78, 5) is 21.9. The zero-order valence-corrected chi connectivity index (χ0v) is 9.72. The molecule has 2 rings (SSSR count). The van der Waals surface area contributed by atoms with Crippen LogP contribution >= 0.6 is 0 Å². The smallest absolute Gasteiger partial charge is 0.356 e. The molecule has 1 aliphatic rings. The summed E-state index contributed by atoms with van der Waals surface area (Å²) in [5.74, 6) is -0.310. The maximum Gasteiger partial charge on any atom is 0.356 e. The summed E-state index contributed by atoms with van der Waals surface area (Å²) < 4.78 is 0. The summed E-state index contributed by atoms with van der Waals surface area (Å²) in [5.41, 5.74) is -0.0948. The fourth-order valence-corrected chi connectivity index (χ4v) is 1.41. The largest absolute Gasteiger partial charge is 0.476 e. The number of aromatic carboxylic acids is 1. The molecular weight excluding hydrogens is 236 g/mol. The summed E-state index contributed by atoms with van der Waals surface area (Å²) in [6.07, 6.45) is 1.97. The Hall–Kier alpha value is -2.18. The summed E-state index contributed by atoms with van der Waals surface area (Å²) in [5, 5.41) is 21.6. The molecule has 18 heavy (non-hydrogen) atoms. The Bertz CT molecular complexity index is 442. The van der Waals surface area contributed by atoms with Gasteiger partial charge in [0.25, 0.3) is 0 Å². The van der Waals surface area contributed by atoms with Crippen molar-refractivity contribution in [2.45, 2.75) is 12.8 Å². The van der Waals surface area contributed by atoms with Crippen molar-refractivity contribution in [2.75, 3.05) is 18.4 Å². The molecule has 1 heterocycles. The summed E-state index contributed by atoms with van der Waals surface area (Å²) in [6, 6.07) is 2.92. The van der Waals surface area contributed by atoms with Crippen LogP contribution in [0.3, 0.4) is 0 Å². The maximum atomic E-state index is 11.3. The van der Waals surface area contributed by atoms with Gasteiger partial charge in [-0.2, -0.15) is 0 Å². The van der Waals surface area contributed by atoms with Crippen LogP contribution in [0.1, 0.15) is 23.3 Å². The standard InChI is InChI=1S/C11H14N4O3/c16-10(7-1-2-7)13-6-5-12-9-4-3-8(11(17)18)14-15-9/h3-4,7H,1-2,5-6H2,(H,12,15)(H,13,16)(H,17,18). The first kappa shape index (κ1) is 12.3. The number of hydrogen-bond donors (Lipinski definition) is 3. The molecule has 7 heteroatoms. The van der Waals surface area contributed by atoms with Gasteiger partial charge in [0.1, 0.15) is 5.82 Å². The lowest BCUT2D eigenvalue weighted by atomic mass is 10.4. The van der Waals surface area contributed by atoms with E-state index < -0.39 is 5.97 Å². The van der Waals surface area contributed by atoms with Crippen LogP contribution in [0.2, 0.25) is 0 Å². The van der Waals surface area contributed by atoms with Crippen LogP contribution in [0.15, 0.2) is 12.1 Å². The number of nitrogens with one attached hydrogen (secondary N) is 2. The van der Waals surface area contributed by atoms with Crippen LogP contribution in [0.4, 0.5) is 5.82 Å². The van der Waals surface area contributed by atoms with Crippen LogP contribution in [0, 0.1) is 5.92 Å². The van der Waals surface area contributed by atoms with Crippen LogP contribution in [-0.2, 0) is 4.79 Å². The molecule has 1 aliphatic carbocycles. The third-order valence-corrected chi connectivity index (χ3v) is 2.56. The van der Waals surface area contributed by atoms with Crippen molar-refractivity contribution in [3.05, 3.63) is 17.8 Å². The van der Waals surface area contributed by atoms with Gasteiger partial charge in [-0.15, -0.1) is 10.2 Å². The normalized spacial score (nSPS) is 14.0. The highest BCUT2D eigenvalue weighted by Crippen LogP contribution is 2.28. The van der Waals surface area contributed by atoms with Crippen molar-refractivity contribution in [1.82, 2.24) is 15.5 Å². The molecule has 0 aliphatic heterocycles. The quantitative estimate of drug-likeness (QED) is 0.619. The summed E-state index contributed by atoms with van der Waals surface area (Å²) in [6.45, 7) is 1.04. The molecule has 1 saturated carbocycles. The minimum Gasteiger partial charge on any atom is -0.476 e. The van der Waals surface area contributed by atoms with E-state index in [0.717, 1.165) is 12.8 Å². The van der Waals surface area contributed by atoms with Gasteiger partial charge in [0.2, 0.25) is 5.91 Å². The third kappa shape index (κ3) is 3.41. The van der Waals surface area contributed by atoms with Gasteiger partial charge in [-0.05, 0) is 25.0 Å². The molecule has 1 aromatic heterocycles. The average molecular weight is 250 g/mol. The molecule has 1 amide bonds. The van der Waals surface area contributed by atoms with Crippen molar-refractivity contribution in [3.63, 3.8) is 0 Å². The van der Waals surface area contributed by atoms with Crippen LogP contribution in [0.5, 0.6) is 0 Å². The van der Waals surface area contributed by atoms with E-state index in [2.05, 4.69) is 20.8 Å². The highest BCUT2D eigenvalue weighted by molar-refractivity contribution is 5.85. The summed E-state index contributed by atoms with van der Waals surface area (Å²) >= 11 is 0. The Labute approximate surface area is 104 Å². The number of aromatic nitrogens is 2. The number of anilines is 1. The zero-order chi connectivity index (χ0) is 13.0. The molecule has 0 spiro atoms. The van der Waals surface area contributed by atoms with E-state index in [-0.39, 0.29) is 17.5 Å². The molecule has 0 bridgehead atoms. The van der Waals surface area contributed by atoms with Gasteiger partial charge in [-0.25, -0.2) is 4.79 Å². The molecule has 0 unspecified atom stereocenters. The second kappa shape index (κ2) is 5.44. The first-order chi connectivity index (χ1) is 8.66. The van der Waals surface area contributed by atoms with Gasteiger partial charge in [0.05, 0.1) is 0 Å². The fraction of sp³-hybridized carbons (Fsp3) is 0.455. The molecular formula is C11H14N4O3. The average Bonchev–Trinajstić information content (AvgIpc) is 3.19. The van der Waals surface area contributed by atoms with Gasteiger partial charge in [-0.3, -0.25) is 4.79 Å². The maximum absolute atomic E-state index is 11.3. The van der Waals surface area contributed by atoms with Gasteiger partial charge < -0.3 is 15.7 Å². The topological polar surface area (TPSA) is 104 Å². The van der Waals surface area contributed by atoms with E-state index in [1.165, 1.54) is 6.07 Å². The zero-order valence-electron chi connectivity index (χ0n) is 9.72. The summed E-state index contributed by atoms with van der Waals surface area (Å²) in [7, 11) is 0. The first-order valence-electron chi connectivity index (χ1n) is 5.75. The van der Waals surface area contributed by atoms with Crippen molar-refractivity contribution >= 4 is 17.7 Å². The number of carboxylic acids is 1. The number of rotatable bonds is 6. The van der Waals surface area contributed by atoms with Gasteiger partial charge >= 0.3 is 5.97 Å². The minimum absolute atomic E-state index is 0.0948. The Kier molecular flexibility index (Phi) is 3.71. The predicted molar refractivity (Wildman–Crippen MR) is 63.2 cm³/mol. The second-order valence-corrected chi connectivity index (χ2v) is 4.10. The van der Waals surface area contributed by atoms with E-state index >= 15 is 0 Å². The molecule has 0 radical (unpaired) electrons. The number of nitrogens with zero attached hydrogens (tertiary/aromatic N) is 2. The lowest BCUT2D eigenvalue weighted by molar-refractivity contribution is -0.122. The third-order valence-electron chi connectivity index (χ3n) is 2.56. The first-order valence-corrected chi connectivity index (χ1v) is 5.75. The molecule has 7 nitrogen and oxygen atoms in total. The SMILES string of the molecule is O=C(O)c1ccc(NCCNC(=O)C2CC2)nn1. The number of hydrogen-bond acceptors (Lipinski definition) is 5. The molecule has 96 valence electrons. The van der Waals surface area contributed by atoms with Gasteiger partial charge in [-0.1, -0.05) is 0 Å². The Morgan fingerprint density at radius 2 is 2.06 bits per heavy atom. The fourth-order valence-electron chi connectivity index (χ4n) is 1.41. The van der Waals surface area contributed by atoms with E-state index in [9.17, 15) is 9.59 Å². The Balaban J connectivity index is 1.69. The van der Waals surface area contributed by atoms with Gasteiger partial charge in [0.15, 0.2) is 5.69 Å². The van der Waals surface area contributed by atoms with Crippen molar-refractivity contribution in [3.8, 4) is 0 Å². The number of carbonyl (C=O) groups is 2. The molecule has 0 atom stereocenters. The van der Waals surface area contributed by atoms with E-state index in [4.69, 9.17) is 5.11 Å². The van der Waals surface area contributed by atoms with Gasteiger partial charge in [0, 0.05) is 19.0 Å². The number of carbonyl (C=O) groups excluding carboxylic acids is 1. The molecule has 3 N–H and O–H groups in total. The van der Waals surface area contributed by atoms with Crippen LogP contribution < -0.4 is 10.6 Å². The molecule has 1 fully saturated rings. The Morgan fingerprint density at radius 3 is 2.61 bits per heavy atom.